The van der Waals surface area contributed by atoms with Crippen molar-refractivity contribution in [1.82, 2.24) is 4.90 Å². The highest BCUT2D eigenvalue weighted by Gasteiger charge is 2.40. The molecule has 1 rings (SSSR count). The zero-order valence-corrected chi connectivity index (χ0v) is 9.03. The Balaban J connectivity index is 2.87. The minimum atomic E-state index is -0.927. The predicted octanol–water partition coefficient (Wildman–Crippen LogP) is 1.54. The van der Waals surface area contributed by atoms with Crippen LogP contribution in [-0.2, 0) is 0 Å². The van der Waals surface area contributed by atoms with Gasteiger partial charge in [-0.15, -0.1) is 0 Å². The maximum absolute atomic E-state index is 11.0. The van der Waals surface area contributed by atoms with E-state index in [0.29, 0.717) is 13.0 Å². The summed E-state index contributed by atoms with van der Waals surface area (Å²) in [7, 11) is 0. The number of piperidine rings is 1. The van der Waals surface area contributed by atoms with Crippen LogP contribution in [0.5, 0.6) is 0 Å². The van der Waals surface area contributed by atoms with Gasteiger partial charge in [0.05, 0.1) is 12.1 Å². The molecule has 0 aromatic heterocycles. The van der Waals surface area contributed by atoms with E-state index in [2.05, 4.69) is 0 Å². The summed E-state index contributed by atoms with van der Waals surface area (Å²) >= 11 is 0. The first-order valence-corrected chi connectivity index (χ1v) is 5.01. The minimum absolute atomic E-state index is 0.210. The highest BCUT2D eigenvalue weighted by molar-refractivity contribution is 5.65. The van der Waals surface area contributed by atoms with Gasteiger partial charge in [-0.3, -0.25) is 0 Å². The normalized spacial score (nSPS) is 29.0. The molecule has 1 fully saturated rings. The van der Waals surface area contributed by atoms with E-state index in [1.165, 1.54) is 4.90 Å². The molecule has 14 heavy (non-hydrogen) atoms. The first-order chi connectivity index (χ1) is 6.34. The van der Waals surface area contributed by atoms with Crippen LogP contribution in [0.1, 0.15) is 33.6 Å². The van der Waals surface area contributed by atoms with E-state index in [9.17, 15) is 9.90 Å². The van der Waals surface area contributed by atoms with Crippen molar-refractivity contribution in [3.63, 3.8) is 0 Å². The lowest BCUT2D eigenvalue weighted by Gasteiger charge is -2.44. The van der Waals surface area contributed by atoms with Crippen molar-refractivity contribution in [2.24, 2.45) is 5.41 Å². The molecular formula is C10H19NO3. The number of aliphatic hydroxyl groups is 1. The van der Waals surface area contributed by atoms with Crippen molar-refractivity contribution in [3.8, 4) is 0 Å². The van der Waals surface area contributed by atoms with Crippen LogP contribution in [0.2, 0.25) is 0 Å². The summed E-state index contributed by atoms with van der Waals surface area (Å²) in [4.78, 5) is 12.3. The van der Waals surface area contributed by atoms with Crippen molar-refractivity contribution in [2.45, 2.75) is 45.8 Å². The second-order valence-corrected chi connectivity index (χ2v) is 5.00. The van der Waals surface area contributed by atoms with Crippen LogP contribution in [-0.4, -0.2) is 39.9 Å². The largest absolute Gasteiger partial charge is 0.465 e. The highest BCUT2D eigenvalue weighted by atomic mass is 16.4. The van der Waals surface area contributed by atoms with Gasteiger partial charge in [0.2, 0.25) is 0 Å². The van der Waals surface area contributed by atoms with Gasteiger partial charge >= 0.3 is 6.09 Å². The van der Waals surface area contributed by atoms with Crippen molar-refractivity contribution >= 4 is 6.09 Å². The molecule has 0 saturated carbocycles. The first-order valence-electron chi connectivity index (χ1n) is 5.01. The fourth-order valence-electron chi connectivity index (χ4n) is 2.23. The van der Waals surface area contributed by atoms with Gasteiger partial charge in [-0.05, 0) is 18.3 Å². The molecule has 0 radical (unpaired) electrons. The van der Waals surface area contributed by atoms with E-state index in [4.69, 9.17) is 5.11 Å². The molecule has 2 atom stereocenters. The number of amides is 1. The average Bonchev–Trinajstić information content (AvgIpc) is 2.01. The lowest BCUT2D eigenvalue weighted by Crippen LogP contribution is -2.56. The van der Waals surface area contributed by atoms with Crippen molar-refractivity contribution in [3.05, 3.63) is 0 Å². The summed E-state index contributed by atoms with van der Waals surface area (Å²) in [6, 6.07) is -0.284. The van der Waals surface area contributed by atoms with Gasteiger partial charge in [-0.2, -0.15) is 0 Å². The highest BCUT2D eigenvalue weighted by Crippen LogP contribution is 2.32. The quantitative estimate of drug-likeness (QED) is 0.625. The molecule has 0 aromatic carbocycles. The number of rotatable bonds is 0. The van der Waals surface area contributed by atoms with Crippen LogP contribution in [0.3, 0.4) is 0 Å². The van der Waals surface area contributed by atoms with E-state index in [1.807, 2.05) is 20.8 Å². The van der Waals surface area contributed by atoms with Crippen LogP contribution >= 0.6 is 0 Å². The molecule has 4 heteroatoms. The number of likely N-dealkylation sites (tertiary alicyclic amines) is 1. The molecule has 1 aliphatic heterocycles. The van der Waals surface area contributed by atoms with E-state index < -0.39 is 12.2 Å². The van der Waals surface area contributed by atoms with Gasteiger partial charge < -0.3 is 15.1 Å². The molecule has 1 heterocycles. The van der Waals surface area contributed by atoms with E-state index >= 15 is 0 Å². The summed E-state index contributed by atoms with van der Waals surface area (Å²) in [5.41, 5.74) is -0.210. The Morgan fingerprint density at radius 1 is 1.43 bits per heavy atom. The van der Waals surface area contributed by atoms with Gasteiger partial charge in [0.25, 0.3) is 0 Å². The van der Waals surface area contributed by atoms with E-state index in [0.717, 1.165) is 6.42 Å². The summed E-state index contributed by atoms with van der Waals surface area (Å²) < 4.78 is 0. The number of aliphatic hydroxyl groups excluding tert-OH is 1. The lowest BCUT2D eigenvalue weighted by atomic mass is 9.79. The van der Waals surface area contributed by atoms with Crippen molar-refractivity contribution < 1.29 is 15.0 Å². The van der Waals surface area contributed by atoms with E-state index in [-0.39, 0.29) is 11.5 Å². The fraction of sp³-hybridized carbons (Fsp3) is 0.900. The van der Waals surface area contributed by atoms with Crippen LogP contribution < -0.4 is 0 Å². The maximum Gasteiger partial charge on any atom is 0.407 e. The molecule has 4 nitrogen and oxygen atoms in total. The van der Waals surface area contributed by atoms with Crippen LogP contribution in [0.15, 0.2) is 0 Å². The smallest absolute Gasteiger partial charge is 0.407 e. The molecule has 82 valence electrons. The second kappa shape index (κ2) is 3.77. The average molecular weight is 201 g/mol. The van der Waals surface area contributed by atoms with Crippen LogP contribution in [0.25, 0.3) is 0 Å². The Labute approximate surface area is 84.5 Å². The molecule has 1 aliphatic rings. The van der Waals surface area contributed by atoms with Gasteiger partial charge in [-0.25, -0.2) is 4.79 Å². The Kier molecular flexibility index (Phi) is 3.04. The zero-order valence-electron chi connectivity index (χ0n) is 9.03. The van der Waals surface area contributed by atoms with Gasteiger partial charge in [0.15, 0.2) is 0 Å². The molecule has 0 bridgehead atoms. The third-order valence-corrected chi connectivity index (χ3v) is 2.73. The standard InChI is InChI=1S/C10H19NO3/c1-10(2,3)8-7(12)5-4-6-11(8)9(13)14/h7-8,12H,4-6H2,1-3H3,(H,13,14)/t7-,8?/m1/s1. The molecule has 1 saturated heterocycles. The summed E-state index contributed by atoms with van der Waals surface area (Å²) in [6.07, 6.45) is -0.00491. The summed E-state index contributed by atoms with van der Waals surface area (Å²) in [5, 5.41) is 18.8. The van der Waals surface area contributed by atoms with Crippen molar-refractivity contribution in [2.75, 3.05) is 6.54 Å². The van der Waals surface area contributed by atoms with Crippen LogP contribution in [0.4, 0.5) is 4.79 Å². The third kappa shape index (κ3) is 2.18. The minimum Gasteiger partial charge on any atom is -0.465 e. The lowest BCUT2D eigenvalue weighted by molar-refractivity contribution is -0.0306. The molecule has 2 N–H and O–H groups in total. The Bertz CT molecular complexity index is 222. The molecular weight excluding hydrogens is 182 g/mol. The predicted molar refractivity (Wildman–Crippen MR) is 53.2 cm³/mol. The molecule has 0 aromatic rings. The van der Waals surface area contributed by atoms with Gasteiger partial charge in [-0.1, -0.05) is 20.8 Å². The first kappa shape index (κ1) is 11.3. The monoisotopic (exact) mass is 201 g/mol. The van der Waals surface area contributed by atoms with Gasteiger partial charge in [0.1, 0.15) is 0 Å². The number of carbonyl (C=O) groups is 1. The molecule has 1 amide bonds. The summed E-state index contributed by atoms with van der Waals surface area (Å²) in [5.74, 6) is 0. The second-order valence-electron chi connectivity index (χ2n) is 5.00. The van der Waals surface area contributed by atoms with E-state index in [1.54, 1.807) is 0 Å². The zero-order chi connectivity index (χ0) is 10.9. The number of hydrogen-bond donors (Lipinski definition) is 2. The Morgan fingerprint density at radius 3 is 2.36 bits per heavy atom. The Morgan fingerprint density at radius 2 is 2.00 bits per heavy atom. The maximum atomic E-state index is 11.0. The number of carboxylic acid groups (broad SMARTS) is 1. The van der Waals surface area contributed by atoms with Crippen LogP contribution in [0, 0.1) is 5.41 Å². The summed E-state index contributed by atoms with van der Waals surface area (Å²) in [6.45, 7) is 6.42. The SMILES string of the molecule is CC(C)(C)C1[C@H](O)CCCN1C(=O)O. The third-order valence-electron chi connectivity index (χ3n) is 2.73. The Hall–Kier alpha value is -0.770. The fourth-order valence-corrected chi connectivity index (χ4v) is 2.23. The molecule has 0 aliphatic carbocycles. The topological polar surface area (TPSA) is 60.8 Å². The molecule has 1 unspecified atom stereocenters. The molecule has 0 spiro atoms. The van der Waals surface area contributed by atoms with Crippen molar-refractivity contribution in [1.29, 1.82) is 0 Å². The number of hydrogen-bond acceptors (Lipinski definition) is 2. The van der Waals surface area contributed by atoms with Gasteiger partial charge in [0, 0.05) is 6.54 Å². The number of nitrogens with zero attached hydrogens (tertiary/aromatic N) is 1.